The zero-order valence-electron chi connectivity index (χ0n) is 8.99. The average molecular weight is 285 g/mol. The van der Waals surface area contributed by atoms with Crippen LogP contribution in [0.1, 0.15) is 10.4 Å². The van der Waals surface area contributed by atoms with E-state index in [1.54, 1.807) is 0 Å². The second kappa shape index (κ2) is 5.38. The van der Waals surface area contributed by atoms with Crippen LogP contribution >= 0.6 is 23.2 Å². The third-order valence-electron chi connectivity index (χ3n) is 2.18. The summed E-state index contributed by atoms with van der Waals surface area (Å²) in [7, 11) is 0. The standard InChI is InChI=1S/C13H7Cl2FO2/c14-9-4-10(15)6-11(5-9)18-13-8(7-17)2-1-3-12(13)16/h1-7H. The molecule has 0 fully saturated rings. The lowest BCUT2D eigenvalue weighted by atomic mass is 10.2. The van der Waals surface area contributed by atoms with Crippen LogP contribution in [0.5, 0.6) is 11.5 Å². The first-order valence-corrected chi connectivity index (χ1v) is 5.73. The first kappa shape index (κ1) is 12.9. The fourth-order valence-electron chi connectivity index (χ4n) is 1.43. The van der Waals surface area contributed by atoms with E-state index < -0.39 is 5.82 Å². The van der Waals surface area contributed by atoms with E-state index in [2.05, 4.69) is 0 Å². The zero-order valence-corrected chi connectivity index (χ0v) is 10.5. The molecule has 0 aliphatic heterocycles. The summed E-state index contributed by atoms with van der Waals surface area (Å²) < 4.78 is 18.9. The minimum Gasteiger partial charge on any atom is -0.453 e. The van der Waals surface area contributed by atoms with E-state index in [9.17, 15) is 9.18 Å². The Kier molecular flexibility index (Phi) is 3.84. The molecule has 2 aromatic rings. The van der Waals surface area contributed by atoms with Crippen molar-refractivity contribution >= 4 is 29.5 Å². The second-order valence-electron chi connectivity index (χ2n) is 3.48. The van der Waals surface area contributed by atoms with Gasteiger partial charge < -0.3 is 4.74 Å². The van der Waals surface area contributed by atoms with Gasteiger partial charge in [-0.05, 0) is 30.3 Å². The summed E-state index contributed by atoms with van der Waals surface area (Å²) in [5, 5.41) is 0.725. The maximum Gasteiger partial charge on any atom is 0.173 e. The highest BCUT2D eigenvalue weighted by atomic mass is 35.5. The minimum atomic E-state index is -0.629. The minimum absolute atomic E-state index is 0.117. The molecule has 0 bridgehead atoms. The predicted octanol–water partition coefficient (Wildman–Crippen LogP) is 4.74. The van der Waals surface area contributed by atoms with Crippen LogP contribution < -0.4 is 4.74 Å². The van der Waals surface area contributed by atoms with Crippen molar-refractivity contribution in [2.24, 2.45) is 0 Å². The van der Waals surface area contributed by atoms with Gasteiger partial charge in [-0.25, -0.2) is 4.39 Å². The van der Waals surface area contributed by atoms with E-state index in [-0.39, 0.29) is 17.1 Å². The number of benzene rings is 2. The summed E-state index contributed by atoms with van der Waals surface area (Å²) in [5.41, 5.74) is 0.117. The first-order valence-electron chi connectivity index (χ1n) is 4.98. The number of carbonyl (C=O) groups is 1. The molecule has 0 aliphatic rings. The van der Waals surface area contributed by atoms with Gasteiger partial charge in [0.2, 0.25) is 0 Å². The lowest BCUT2D eigenvalue weighted by Gasteiger charge is -2.09. The average Bonchev–Trinajstić information content (AvgIpc) is 2.30. The molecular formula is C13H7Cl2FO2. The zero-order chi connectivity index (χ0) is 13.1. The van der Waals surface area contributed by atoms with Gasteiger partial charge in [-0.2, -0.15) is 0 Å². The molecule has 0 spiro atoms. The van der Waals surface area contributed by atoms with Gasteiger partial charge in [-0.1, -0.05) is 29.3 Å². The highest BCUT2D eigenvalue weighted by Gasteiger charge is 2.11. The van der Waals surface area contributed by atoms with Gasteiger partial charge in [-0.3, -0.25) is 4.79 Å². The predicted molar refractivity (Wildman–Crippen MR) is 68.3 cm³/mol. The van der Waals surface area contributed by atoms with Crippen LogP contribution in [0.2, 0.25) is 10.0 Å². The molecular weight excluding hydrogens is 278 g/mol. The molecule has 92 valence electrons. The molecule has 5 heteroatoms. The molecule has 2 aromatic carbocycles. The fraction of sp³-hybridized carbons (Fsp3) is 0. The molecule has 0 saturated heterocycles. The number of hydrogen-bond acceptors (Lipinski definition) is 2. The normalized spacial score (nSPS) is 10.2. The monoisotopic (exact) mass is 284 g/mol. The maximum atomic E-state index is 13.6. The molecule has 0 heterocycles. The van der Waals surface area contributed by atoms with Crippen LogP contribution in [0.15, 0.2) is 36.4 Å². The summed E-state index contributed by atoms with van der Waals surface area (Å²) in [5.74, 6) is -0.512. The van der Waals surface area contributed by atoms with Crippen LogP contribution in [0.4, 0.5) is 4.39 Å². The van der Waals surface area contributed by atoms with Gasteiger partial charge in [0.25, 0.3) is 0 Å². The summed E-state index contributed by atoms with van der Waals surface area (Å²) >= 11 is 11.6. The molecule has 0 atom stereocenters. The molecule has 0 radical (unpaired) electrons. The smallest absolute Gasteiger partial charge is 0.173 e. The second-order valence-corrected chi connectivity index (χ2v) is 4.36. The molecule has 18 heavy (non-hydrogen) atoms. The van der Waals surface area contributed by atoms with Gasteiger partial charge in [0, 0.05) is 10.0 Å². The van der Waals surface area contributed by atoms with Gasteiger partial charge in [-0.15, -0.1) is 0 Å². The number of para-hydroxylation sites is 1. The van der Waals surface area contributed by atoms with Gasteiger partial charge in [0.15, 0.2) is 17.9 Å². The van der Waals surface area contributed by atoms with E-state index in [4.69, 9.17) is 27.9 Å². The number of halogens is 3. The van der Waals surface area contributed by atoms with E-state index in [1.165, 1.54) is 36.4 Å². The van der Waals surface area contributed by atoms with Crippen LogP contribution in [-0.4, -0.2) is 6.29 Å². The Morgan fingerprint density at radius 1 is 1.11 bits per heavy atom. The van der Waals surface area contributed by atoms with Crippen molar-refractivity contribution in [3.63, 3.8) is 0 Å². The summed E-state index contributed by atoms with van der Waals surface area (Å²) in [6, 6.07) is 8.57. The molecule has 0 N–H and O–H groups in total. The molecule has 0 aliphatic carbocycles. The quantitative estimate of drug-likeness (QED) is 0.761. The van der Waals surface area contributed by atoms with E-state index >= 15 is 0 Å². The van der Waals surface area contributed by atoms with Crippen LogP contribution in [0, 0.1) is 5.82 Å². The topological polar surface area (TPSA) is 26.3 Å². The Morgan fingerprint density at radius 2 is 1.78 bits per heavy atom. The van der Waals surface area contributed by atoms with Crippen molar-refractivity contribution in [2.45, 2.75) is 0 Å². The van der Waals surface area contributed by atoms with Crippen LogP contribution in [0.3, 0.4) is 0 Å². The number of aldehydes is 1. The van der Waals surface area contributed by atoms with Crippen LogP contribution in [0.25, 0.3) is 0 Å². The Bertz CT molecular complexity index is 579. The van der Waals surface area contributed by atoms with E-state index in [1.807, 2.05) is 0 Å². The third-order valence-corrected chi connectivity index (χ3v) is 2.62. The first-order chi connectivity index (χ1) is 8.60. The lowest BCUT2D eigenvalue weighted by Crippen LogP contribution is -1.94. The van der Waals surface area contributed by atoms with E-state index in [0.29, 0.717) is 16.3 Å². The summed E-state index contributed by atoms with van der Waals surface area (Å²) in [4.78, 5) is 10.8. The Hall–Kier alpha value is -1.58. The summed E-state index contributed by atoms with van der Waals surface area (Å²) in [6.07, 6.45) is 0.518. The Morgan fingerprint density at radius 3 is 2.39 bits per heavy atom. The maximum absolute atomic E-state index is 13.6. The molecule has 2 nitrogen and oxygen atoms in total. The number of rotatable bonds is 3. The van der Waals surface area contributed by atoms with Crippen molar-refractivity contribution in [1.29, 1.82) is 0 Å². The highest BCUT2D eigenvalue weighted by molar-refractivity contribution is 6.34. The van der Waals surface area contributed by atoms with E-state index in [0.717, 1.165) is 0 Å². The molecule has 0 unspecified atom stereocenters. The van der Waals surface area contributed by atoms with Crippen molar-refractivity contribution in [3.05, 3.63) is 57.8 Å². The lowest BCUT2D eigenvalue weighted by molar-refractivity contribution is 0.112. The largest absolute Gasteiger partial charge is 0.453 e. The number of hydrogen-bond donors (Lipinski definition) is 0. The highest BCUT2D eigenvalue weighted by Crippen LogP contribution is 2.31. The Balaban J connectivity index is 2.42. The number of ether oxygens (including phenoxy) is 1. The summed E-state index contributed by atoms with van der Waals surface area (Å²) in [6.45, 7) is 0. The van der Waals surface area contributed by atoms with Crippen LogP contribution in [-0.2, 0) is 0 Å². The number of carbonyl (C=O) groups excluding carboxylic acids is 1. The van der Waals surface area contributed by atoms with Gasteiger partial charge >= 0.3 is 0 Å². The molecule has 0 saturated carbocycles. The van der Waals surface area contributed by atoms with Crippen molar-refractivity contribution in [1.82, 2.24) is 0 Å². The van der Waals surface area contributed by atoms with Gasteiger partial charge in [0.1, 0.15) is 5.75 Å². The third kappa shape index (κ3) is 2.81. The molecule has 0 aromatic heterocycles. The van der Waals surface area contributed by atoms with Crippen molar-refractivity contribution in [3.8, 4) is 11.5 Å². The fourth-order valence-corrected chi connectivity index (χ4v) is 1.94. The molecule has 0 amide bonds. The SMILES string of the molecule is O=Cc1cccc(F)c1Oc1cc(Cl)cc(Cl)c1. The van der Waals surface area contributed by atoms with Gasteiger partial charge in [0.05, 0.1) is 5.56 Å². The molecule has 2 rings (SSSR count). The van der Waals surface area contributed by atoms with Crippen molar-refractivity contribution in [2.75, 3.05) is 0 Å². The Labute approximate surface area is 113 Å². The van der Waals surface area contributed by atoms with Crippen molar-refractivity contribution < 1.29 is 13.9 Å².